The Kier molecular flexibility index (Phi) is 5.87. The van der Waals surface area contributed by atoms with Crippen LogP contribution in [-0.2, 0) is 0 Å². The van der Waals surface area contributed by atoms with Crippen LogP contribution in [0.3, 0.4) is 0 Å². The number of nitrogens with one attached hydrogen (secondary N) is 1. The molecular weight excluding hydrogens is 426 g/mol. The molecule has 0 aliphatic carbocycles. The first-order valence-corrected chi connectivity index (χ1v) is 10.5. The SMILES string of the molecule is O=C(Nc1ccc(C(=O)N2CCN(C(=O)c3ccc(Cl)cc3)CC2)s1)c1ccco1. The lowest BCUT2D eigenvalue weighted by Crippen LogP contribution is -2.50. The van der Waals surface area contributed by atoms with Crippen LogP contribution in [0, 0.1) is 0 Å². The van der Waals surface area contributed by atoms with E-state index < -0.39 is 0 Å². The van der Waals surface area contributed by atoms with E-state index in [1.54, 1.807) is 58.3 Å². The van der Waals surface area contributed by atoms with Crippen LogP contribution in [0.2, 0.25) is 5.02 Å². The van der Waals surface area contributed by atoms with Crippen molar-refractivity contribution in [2.45, 2.75) is 0 Å². The second-order valence-electron chi connectivity index (χ2n) is 6.69. The van der Waals surface area contributed by atoms with Crippen LogP contribution in [0.1, 0.15) is 30.6 Å². The fourth-order valence-corrected chi connectivity index (χ4v) is 4.14. The molecule has 1 saturated heterocycles. The maximum Gasteiger partial charge on any atom is 0.291 e. The molecule has 1 aliphatic heterocycles. The van der Waals surface area contributed by atoms with Crippen molar-refractivity contribution in [1.82, 2.24) is 9.80 Å². The van der Waals surface area contributed by atoms with Gasteiger partial charge in [0.1, 0.15) is 0 Å². The fourth-order valence-electron chi connectivity index (χ4n) is 3.14. The molecule has 1 aromatic carbocycles. The third-order valence-corrected chi connectivity index (χ3v) is 5.98. The van der Waals surface area contributed by atoms with E-state index in [0.29, 0.717) is 46.6 Å². The molecule has 0 spiro atoms. The molecule has 30 heavy (non-hydrogen) atoms. The molecule has 1 aliphatic rings. The quantitative estimate of drug-likeness (QED) is 0.664. The summed E-state index contributed by atoms with van der Waals surface area (Å²) in [6.07, 6.45) is 1.43. The molecule has 1 fully saturated rings. The molecular formula is C21H18ClN3O4S. The summed E-state index contributed by atoms with van der Waals surface area (Å²) in [5, 5.41) is 3.87. The average molecular weight is 444 g/mol. The standard InChI is InChI=1S/C21H18ClN3O4S/c22-15-5-3-14(4-6-15)20(27)24-9-11-25(12-10-24)21(28)17-7-8-18(30-17)23-19(26)16-2-1-13-29-16/h1-8,13H,9-12H2,(H,23,26). The maximum atomic E-state index is 12.8. The molecule has 1 N–H and O–H groups in total. The van der Waals surface area contributed by atoms with E-state index in [2.05, 4.69) is 5.32 Å². The van der Waals surface area contributed by atoms with Crippen LogP contribution >= 0.6 is 22.9 Å². The van der Waals surface area contributed by atoms with E-state index in [1.807, 2.05) is 0 Å². The number of carbonyl (C=O) groups excluding carboxylic acids is 3. The Balaban J connectivity index is 1.33. The van der Waals surface area contributed by atoms with Crippen LogP contribution in [-0.4, -0.2) is 53.7 Å². The van der Waals surface area contributed by atoms with Crippen molar-refractivity contribution in [1.29, 1.82) is 0 Å². The minimum absolute atomic E-state index is 0.0715. The lowest BCUT2D eigenvalue weighted by molar-refractivity contribution is 0.0538. The van der Waals surface area contributed by atoms with E-state index >= 15 is 0 Å². The maximum absolute atomic E-state index is 12.8. The van der Waals surface area contributed by atoms with E-state index in [4.69, 9.17) is 16.0 Å². The zero-order valence-electron chi connectivity index (χ0n) is 15.8. The highest BCUT2D eigenvalue weighted by Gasteiger charge is 2.26. The molecule has 3 amide bonds. The van der Waals surface area contributed by atoms with E-state index in [1.165, 1.54) is 17.6 Å². The monoisotopic (exact) mass is 443 g/mol. The van der Waals surface area contributed by atoms with Crippen LogP contribution < -0.4 is 5.32 Å². The van der Waals surface area contributed by atoms with Gasteiger partial charge in [0.25, 0.3) is 17.7 Å². The van der Waals surface area contributed by atoms with E-state index in [-0.39, 0.29) is 23.5 Å². The number of benzene rings is 1. The number of hydrogen-bond donors (Lipinski definition) is 1. The fraction of sp³-hybridized carbons (Fsp3) is 0.190. The van der Waals surface area contributed by atoms with Gasteiger partial charge in [0.2, 0.25) is 0 Å². The molecule has 154 valence electrons. The van der Waals surface area contributed by atoms with Crippen LogP contribution in [0.5, 0.6) is 0 Å². The molecule has 9 heteroatoms. The van der Waals surface area contributed by atoms with Crippen molar-refractivity contribution >= 4 is 45.7 Å². The van der Waals surface area contributed by atoms with Crippen molar-refractivity contribution in [2.24, 2.45) is 0 Å². The number of carbonyl (C=O) groups is 3. The number of thiophene rings is 1. The normalized spacial score (nSPS) is 13.9. The predicted molar refractivity (Wildman–Crippen MR) is 114 cm³/mol. The average Bonchev–Trinajstić information content (AvgIpc) is 3.46. The molecule has 4 rings (SSSR count). The minimum Gasteiger partial charge on any atom is -0.459 e. The number of piperazine rings is 1. The van der Waals surface area contributed by atoms with Gasteiger partial charge in [-0.15, -0.1) is 11.3 Å². The van der Waals surface area contributed by atoms with Crippen molar-refractivity contribution < 1.29 is 18.8 Å². The van der Waals surface area contributed by atoms with Gasteiger partial charge in [0, 0.05) is 36.8 Å². The molecule has 0 bridgehead atoms. The Bertz CT molecular complexity index is 1050. The summed E-state index contributed by atoms with van der Waals surface area (Å²) in [5.74, 6) is -0.345. The molecule has 0 radical (unpaired) electrons. The Morgan fingerprint density at radius 3 is 2.20 bits per heavy atom. The smallest absolute Gasteiger partial charge is 0.291 e. The number of anilines is 1. The molecule has 0 saturated carbocycles. The van der Waals surface area contributed by atoms with Crippen molar-refractivity contribution in [3.05, 3.63) is 76.0 Å². The lowest BCUT2D eigenvalue weighted by Gasteiger charge is -2.34. The zero-order valence-corrected chi connectivity index (χ0v) is 17.4. The second-order valence-corrected chi connectivity index (χ2v) is 8.21. The number of furan rings is 1. The van der Waals surface area contributed by atoms with Crippen LogP contribution in [0.25, 0.3) is 0 Å². The van der Waals surface area contributed by atoms with Gasteiger partial charge in [-0.05, 0) is 48.5 Å². The van der Waals surface area contributed by atoms with Gasteiger partial charge in [-0.25, -0.2) is 0 Å². The van der Waals surface area contributed by atoms with Gasteiger partial charge in [0.15, 0.2) is 5.76 Å². The molecule has 0 atom stereocenters. The van der Waals surface area contributed by atoms with E-state index in [9.17, 15) is 14.4 Å². The molecule has 3 aromatic rings. The van der Waals surface area contributed by atoms with Gasteiger partial charge in [0.05, 0.1) is 16.1 Å². The van der Waals surface area contributed by atoms with E-state index in [0.717, 1.165) is 0 Å². The summed E-state index contributed by atoms with van der Waals surface area (Å²) < 4.78 is 5.06. The summed E-state index contributed by atoms with van der Waals surface area (Å²) in [7, 11) is 0. The summed E-state index contributed by atoms with van der Waals surface area (Å²) in [6.45, 7) is 1.82. The summed E-state index contributed by atoms with van der Waals surface area (Å²) in [6, 6.07) is 13.4. The topological polar surface area (TPSA) is 82.9 Å². The third-order valence-electron chi connectivity index (χ3n) is 4.74. The summed E-state index contributed by atoms with van der Waals surface area (Å²) >= 11 is 7.08. The number of nitrogens with zero attached hydrogens (tertiary/aromatic N) is 2. The van der Waals surface area contributed by atoms with Crippen LogP contribution in [0.15, 0.2) is 59.2 Å². The number of hydrogen-bond acceptors (Lipinski definition) is 5. The minimum atomic E-state index is -0.366. The lowest BCUT2D eigenvalue weighted by atomic mass is 10.2. The highest BCUT2D eigenvalue weighted by molar-refractivity contribution is 7.18. The van der Waals surface area contributed by atoms with Crippen molar-refractivity contribution in [2.75, 3.05) is 31.5 Å². The molecule has 7 nitrogen and oxygen atoms in total. The Hall–Kier alpha value is -3.10. The third kappa shape index (κ3) is 4.39. The number of halogens is 1. The summed E-state index contributed by atoms with van der Waals surface area (Å²) in [5.41, 5.74) is 0.578. The molecule has 2 aromatic heterocycles. The highest BCUT2D eigenvalue weighted by Crippen LogP contribution is 2.24. The van der Waals surface area contributed by atoms with Crippen molar-refractivity contribution in [3.8, 4) is 0 Å². The molecule has 0 unspecified atom stereocenters. The van der Waals surface area contributed by atoms with Gasteiger partial charge in [-0.2, -0.15) is 0 Å². The summed E-state index contributed by atoms with van der Waals surface area (Å²) in [4.78, 5) is 41.4. The van der Waals surface area contributed by atoms with Gasteiger partial charge < -0.3 is 19.5 Å². The van der Waals surface area contributed by atoms with Gasteiger partial charge >= 0.3 is 0 Å². The first-order valence-electron chi connectivity index (χ1n) is 9.30. The largest absolute Gasteiger partial charge is 0.459 e. The van der Waals surface area contributed by atoms with Crippen LogP contribution in [0.4, 0.5) is 5.00 Å². The first kappa shape index (κ1) is 20.2. The number of amides is 3. The number of rotatable bonds is 4. The van der Waals surface area contributed by atoms with Crippen molar-refractivity contribution in [3.63, 3.8) is 0 Å². The predicted octanol–water partition coefficient (Wildman–Crippen LogP) is 3.85. The Labute approximate surface area is 181 Å². The molecule has 3 heterocycles. The Morgan fingerprint density at radius 2 is 1.57 bits per heavy atom. The second kappa shape index (κ2) is 8.73. The highest BCUT2D eigenvalue weighted by atomic mass is 35.5. The van der Waals surface area contributed by atoms with Gasteiger partial charge in [-0.1, -0.05) is 11.6 Å². The Morgan fingerprint density at radius 1 is 0.900 bits per heavy atom. The zero-order chi connectivity index (χ0) is 21.1. The first-order chi connectivity index (χ1) is 14.5. The van der Waals surface area contributed by atoms with Gasteiger partial charge in [-0.3, -0.25) is 14.4 Å².